The van der Waals surface area contributed by atoms with Crippen molar-refractivity contribution in [3.63, 3.8) is 0 Å². The van der Waals surface area contributed by atoms with Crippen LogP contribution in [-0.2, 0) is 6.54 Å². The standard InChI is InChI=1S/C14H15N3O/c1-10-11(4-2-6-13(10)15)9-17-14(18)12-5-3-7-16-8-12/h2-8H,9,15H2,1H3,(H,17,18). The molecule has 3 N–H and O–H groups in total. The first kappa shape index (κ1) is 12.1. The summed E-state index contributed by atoms with van der Waals surface area (Å²) in [6.45, 7) is 2.41. The Morgan fingerprint density at radius 3 is 2.89 bits per heavy atom. The summed E-state index contributed by atoms with van der Waals surface area (Å²) in [7, 11) is 0. The first-order chi connectivity index (χ1) is 8.68. The number of nitrogens with one attached hydrogen (secondary N) is 1. The Morgan fingerprint density at radius 2 is 2.17 bits per heavy atom. The van der Waals surface area contributed by atoms with E-state index in [0.717, 1.165) is 16.8 Å². The van der Waals surface area contributed by atoms with Gasteiger partial charge in [-0.3, -0.25) is 9.78 Å². The van der Waals surface area contributed by atoms with Crippen molar-refractivity contribution in [3.05, 3.63) is 59.4 Å². The van der Waals surface area contributed by atoms with Gasteiger partial charge in [0, 0.05) is 24.6 Å². The minimum Gasteiger partial charge on any atom is -0.399 e. The molecular formula is C14H15N3O. The summed E-state index contributed by atoms with van der Waals surface area (Å²) >= 11 is 0. The molecule has 0 atom stereocenters. The summed E-state index contributed by atoms with van der Waals surface area (Å²) in [6.07, 6.45) is 3.18. The van der Waals surface area contributed by atoms with Crippen molar-refractivity contribution < 1.29 is 4.79 Å². The van der Waals surface area contributed by atoms with Crippen LogP contribution >= 0.6 is 0 Å². The van der Waals surface area contributed by atoms with Crippen molar-refractivity contribution in [1.29, 1.82) is 0 Å². The number of nitrogen functional groups attached to an aromatic ring is 1. The van der Waals surface area contributed by atoms with Gasteiger partial charge in [-0.2, -0.15) is 0 Å². The average molecular weight is 241 g/mol. The van der Waals surface area contributed by atoms with Crippen LogP contribution in [0.25, 0.3) is 0 Å². The molecule has 0 aliphatic carbocycles. The molecule has 1 aromatic heterocycles. The Hall–Kier alpha value is -2.36. The number of nitrogens with two attached hydrogens (primary N) is 1. The van der Waals surface area contributed by atoms with E-state index in [2.05, 4.69) is 10.3 Å². The van der Waals surface area contributed by atoms with Gasteiger partial charge >= 0.3 is 0 Å². The van der Waals surface area contributed by atoms with Crippen LogP contribution in [0.3, 0.4) is 0 Å². The van der Waals surface area contributed by atoms with E-state index in [0.29, 0.717) is 12.1 Å². The van der Waals surface area contributed by atoms with Crippen molar-refractivity contribution in [3.8, 4) is 0 Å². The summed E-state index contributed by atoms with van der Waals surface area (Å²) in [6, 6.07) is 9.15. The predicted molar refractivity (Wildman–Crippen MR) is 71.0 cm³/mol. The van der Waals surface area contributed by atoms with Gasteiger partial charge in [-0.15, -0.1) is 0 Å². The van der Waals surface area contributed by atoms with E-state index in [-0.39, 0.29) is 5.91 Å². The molecule has 0 unspecified atom stereocenters. The van der Waals surface area contributed by atoms with Crippen molar-refractivity contribution in [2.75, 3.05) is 5.73 Å². The van der Waals surface area contributed by atoms with Crippen LogP contribution in [0.1, 0.15) is 21.5 Å². The first-order valence-corrected chi connectivity index (χ1v) is 5.70. The van der Waals surface area contributed by atoms with Gasteiger partial charge in [0.2, 0.25) is 0 Å². The van der Waals surface area contributed by atoms with Crippen molar-refractivity contribution in [2.45, 2.75) is 13.5 Å². The topological polar surface area (TPSA) is 68.0 Å². The van der Waals surface area contributed by atoms with Crippen molar-refractivity contribution in [2.24, 2.45) is 0 Å². The number of carbonyl (C=O) groups excluding carboxylic acids is 1. The quantitative estimate of drug-likeness (QED) is 0.806. The van der Waals surface area contributed by atoms with E-state index in [1.165, 1.54) is 0 Å². The highest BCUT2D eigenvalue weighted by molar-refractivity contribution is 5.93. The lowest BCUT2D eigenvalue weighted by Crippen LogP contribution is -2.23. The maximum atomic E-state index is 11.8. The first-order valence-electron chi connectivity index (χ1n) is 5.70. The molecule has 18 heavy (non-hydrogen) atoms. The van der Waals surface area contributed by atoms with E-state index >= 15 is 0 Å². The fourth-order valence-electron chi connectivity index (χ4n) is 1.67. The SMILES string of the molecule is Cc1c(N)cccc1CNC(=O)c1cccnc1. The Bertz CT molecular complexity index is 552. The van der Waals surface area contributed by atoms with E-state index < -0.39 is 0 Å². The zero-order chi connectivity index (χ0) is 13.0. The van der Waals surface area contributed by atoms with Crippen LogP contribution in [0.4, 0.5) is 5.69 Å². The number of benzene rings is 1. The van der Waals surface area contributed by atoms with Crippen LogP contribution in [0.5, 0.6) is 0 Å². The zero-order valence-corrected chi connectivity index (χ0v) is 10.2. The van der Waals surface area contributed by atoms with Gasteiger partial charge in [0.05, 0.1) is 5.56 Å². The van der Waals surface area contributed by atoms with Gasteiger partial charge in [0.15, 0.2) is 0 Å². The molecule has 1 heterocycles. The van der Waals surface area contributed by atoms with Gasteiger partial charge in [-0.05, 0) is 36.2 Å². The van der Waals surface area contributed by atoms with Gasteiger partial charge in [0.25, 0.3) is 5.91 Å². The smallest absolute Gasteiger partial charge is 0.253 e. The number of nitrogens with zero attached hydrogens (tertiary/aromatic N) is 1. The number of pyridine rings is 1. The van der Waals surface area contributed by atoms with Crippen LogP contribution in [0, 0.1) is 6.92 Å². The molecule has 0 spiro atoms. The largest absolute Gasteiger partial charge is 0.399 e. The molecule has 0 radical (unpaired) electrons. The van der Waals surface area contributed by atoms with E-state index in [1.807, 2.05) is 25.1 Å². The fourth-order valence-corrected chi connectivity index (χ4v) is 1.67. The van der Waals surface area contributed by atoms with Crippen LogP contribution < -0.4 is 11.1 Å². The number of hydrogen-bond donors (Lipinski definition) is 2. The number of aromatic nitrogens is 1. The third-order valence-electron chi connectivity index (χ3n) is 2.85. The van der Waals surface area contributed by atoms with Crippen molar-refractivity contribution in [1.82, 2.24) is 10.3 Å². The van der Waals surface area contributed by atoms with Gasteiger partial charge in [-0.1, -0.05) is 12.1 Å². The molecule has 1 aromatic carbocycles. The van der Waals surface area contributed by atoms with Crippen LogP contribution in [0.2, 0.25) is 0 Å². The minimum absolute atomic E-state index is 0.134. The van der Waals surface area contributed by atoms with Gasteiger partial charge in [-0.25, -0.2) is 0 Å². The lowest BCUT2D eigenvalue weighted by molar-refractivity contribution is 0.0950. The summed E-state index contributed by atoms with van der Waals surface area (Å²) < 4.78 is 0. The van der Waals surface area contributed by atoms with Gasteiger partial charge in [0.1, 0.15) is 0 Å². The molecule has 0 aliphatic rings. The monoisotopic (exact) mass is 241 g/mol. The summed E-state index contributed by atoms with van der Waals surface area (Å²) in [5, 5.41) is 2.85. The lowest BCUT2D eigenvalue weighted by atomic mass is 10.1. The average Bonchev–Trinajstić information content (AvgIpc) is 2.41. The minimum atomic E-state index is -0.134. The highest BCUT2D eigenvalue weighted by Crippen LogP contribution is 2.15. The fraction of sp³-hybridized carbons (Fsp3) is 0.143. The normalized spacial score (nSPS) is 10.1. The molecule has 0 saturated carbocycles. The number of anilines is 1. The molecule has 0 saturated heterocycles. The highest BCUT2D eigenvalue weighted by Gasteiger charge is 2.06. The number of carbonyl (C=O) groups is 1. The van der Waals surface area contributed by atoms with Crippen LogP contribution in [-0.4, -0.2) is 10.9 Å². The Kier molecular flexibility index (Phi) is 3.57. The second-order valence-corrected chi connectivity index (χ2v) is 4.06. The molecule has 1 amide bonds. The summed E-state index contributed by atoms with van der Waals surface area (Å²) in [5.74, 6) is -0.134. The van der Waals surface area contributed by atoms with E-state index in [4.69, 9.17) is 5.73 Å². The highest BCUT2D eigenvalue weighted by atomic mass is 16.1. The zero-order valence-electron chi connectivity index (χ0n) is 10.2. The van der Waals surface area contributed by atoms with Crippen LogP contribution in [0.15, 0.2) is 42.7 Å². The van der Waals surface area contributed by atoms with E-state index in [9.17, 15) is 4.79 Å². The predicted octanol–water partition coefficient (Wildman–Crippen LogP) is 1.90. The summed E-state index contributed by atoms with van der Waals surface area (Å²) in [5.41, 5.74) is 9.13. The third kappa shape index (κ3) is 2.66. The second-order valence-electron chi connectivity index (χ2n) is 4.06. The Morgan fingerprint density at radius 1 is 1.33 bits per heavy atom. The molecule has 4 nitrogen and oxygen atoms in total. The molecule has 92 valence electrons. The molecular weight excluding hydrogens is 226 g/mol. The van der Waals surface area contributed by atoms with E-state index in [1.54, 1.807) is 24.5 Å². The van der Waals surface area contributed by atoms with Crippen molar-refractivity contribution >= 4 is 11.6 Å². The Labute approximate surface area is 106 Å². The van der Waals surface area contributed by atoms with Gasteiger partial charge < -0.3 is 11.1 Å². The third-order valence-corrected chi connectivity index (χ3v) is 2.85. The second kappa shape index (κ2) is 5.31. The maximum Gasteiger partial charge on any atom is 0.253 e. The molecule has 0 bridgehead atoms. The molecule has 2 aromatic rings. The molecule has 0 fully saturated rings. The maximum absolute atomic E-state index is 11.8. The number of rotatable bonds is 3. The number of amides is 1. The summed E-state index contributed by atoms with van der Waals surface area (Å²) in [4.78, 5) is 15.7. The molecule has 2 rings (SSSR count). The lowest BCUT2D eigenvalue weighted by Gasteiger charge is -2.09. The molecule has 0 aliphatic heterocycles. The Balaban J connectivity index is 2.04. The number of hydrogen-bond acceptors (Lipinski definition) is 3. The molecule has 4 heteroatoms.